The smallest absolute Gasteiger partial charge is 0.166 e. The van der Waals surface area contributed by atoms with Crippen LogP contribution in [0.3, 0.4) is 0 Å². The first kappa shape index (κ1) is 11.7. The summed E-state index contributed by atoms with van der Waals surface area (Å²) in [5.41, 5.74) is 4.58. The second-order valence-corrected chi connectivity index (χ2v) is 3.01. The molecule has 1 aromatic rings. The van der Waals surface area contributed by atoms with Crippen LogP contribution in [-0.2, 0) is 0 Å². The van der Waals surface area contributed by atoms with E-state index in [1.54, 1.807) is 0 Å². The van der Waals surface area contributed by atoms with Gasteiger partial charge in [-0.25, -0.2) is 17.6 Å². The summed E-state index contributed by atoms with van der Waals surface area (Å²) < 4.78 is 51.8. The Morgan fingerprint density at radius 3 is 2.07 bits per heavy atom. The van der Waals surface area contributed by atoms with Crippen molar-refractivity contribution in [3.8, 4) is 0 Å². The van der Waals surface area contributed by atoms with E-state index in [0.717, 1.165) is 0 Å². The third-order valence-corrected chi connectivity index (χ3v) is 1.94. The van der Waals surface area contributed by atoms with E-state index in [0.29, 0.717) is 0 Å². The quantitative estimate of drug-likeness (QED) is 0.472. The molecular weight excluding hydrogens is 210 g/mol. The minimum atomic E-state index is -1.46. The molecule has 2 N–H and O–H groups in total. The van der Waals surface area contributed by atoms with Crippen molar-refractivity contribution in [1.29, 1.82) is 0 Å². The molecule has 0 spiro atoms. The van der Waals surface area contributed by atoms with Gasteiger partial charge >= 0.3 is 0 Å². The number of hydrogen-bond acceptors (Lipinski definition) is 1. The minimum Gasteiger partial charge on any atom is -0.324 e. The zero-order valence-corrected chi connectivity index (χ0v) is 7.74. The molecule has 0 fully saturated rings. The second-order valence-electron chi connectivity index (χ2n) is 3.01. The molecule has 0 unspecified atom stereocenters. The number of nitrogens with two attached hydrogens (primary N) is 1. The van der Waals surface area contributed by atoms with Gasteiger partial charge in [0.25, 0.3) is 0 Å². The summed E-state index contributed by atoms with van der Waals surface area (Å²) in [5.74, 6) is -5.82. The van der Waals surface area contributed by atoms with Gasteiger partial charge in [0.05, 0.1) is 0 Å². The lowest BCUT2D eigenvalue weighted by atomic mass is 10.0. The molecule has 0 amide bonds. The highest BCUT2D eigenvalue weighted by molar-refractivity contribution is 5.26. The molecule has 5 heteroatoms. The van der Waals surface area contributed by atoms with Crippen molar-refractivity contribution in [2.24, 2.45) is 5.73 Å². The Hall–Kier alpha value is -1.36. The van der Waals surface area contributed by atoms with Crippen LogP contribution in [0.5, 0.6) is 0 Å². The standard InChI is InChI=1S/C10H9F4N/c1-2-3-7(15)8-9(13)5(11)4-6(12)10(8)14/h2,4,7H,1,3,15H2/t7-/m0/s1. The molecular formula is C10H9F4N. The first-order chi connectivity index (χ1) is 6.99. The zero-order valence-electron chi connectivity index (χ0n) is 7.74. The monoisotopic (exact) mass is 219 g/mol. The van der Waals surface area contributed by atoms with E-state index in [2.05, 4.69) is 6.58 Å². The van der Waals surface area contributed by atoms with Crippen molar-refractivity contribution in [1.82, 2.24) is 0 Å². The van der Waals surface area contributed by atoms with Gasteiger partial charge in [0.15, 0.2) is 23.3 Å². The summed E-state index contributed by atoms with van der Waals surface area (Å²) in [4.78, 5) is 0. The van der Waals surface area contributed by atoms with Crippen LogP contribution in [0.25, 0.3) is 0 Å². The molecule has 0 saturated heterocycles. The van der Waals surface area contributed by atoms with E-state index < -0.39 is 34.9 Å². The van der Waals surface area contributed by atoms with Gasteiger partial charge in [-0.3, -0.25) is 0 Å². The largest absolute Gasteiger partial charge is 0.324 e. The Balaban J connectivity index is 3.31. The van der Waals surface area contributed by atoms with Gasteiger partial charge in [0.1, 0.15) is 0 Å². The van der Waals surface area contributed by atoms with Gasteiger partial charge in [-0.1, -0.05) is 6.08 Å². The SMILES string of the molecule is C=CC[C@H](N)c1c(F)c(F)cc(F)c1F. The fraction of sp³-hybridized carbons (Fsp3) is 0.200. The average Bonchev–Trinajstić information content (AvgIpc) is 2.16. The van der Waals surface area contributed by atoms with Gasteiger partial charge in [0, 0.05) is 17.7 Å². The minimum absolute atomic E-state index is 0.0245. The molecule has 1 atom stereocenters. The molecule has 0 aliphatic rings. The van der Waals surface area contributed by atoms with E-state index in [1.807, 2.05) is 0 Å². The van der Waals surface area contributed by atoms with Crippen molar-refractivity contribution in [2.45, 2.75) is 12.5 Å². The van der Waals surface area contributed by atoms with E-state index in [-0.39, 0.29) is 12.5 Å². The molecule has 0 aliphatic heterocycles. The van der Waals surface area contributed by atoms with Crippen molar-refractivity contribution in [3.05, 3.63) is 47.6 Å². The van der Waals surface area contributed by atoms with Crippen molar-refractivity contribution < 1.29 is 17.6 Å². The lowest BCUT2D eigenvalue weighted by molar-refractivity contribution is 0.427. The average molecular weight is 219 g/mol. The van der Waals surface area contributed by atoms with Crippen LogP contribution >= 0.6 is 0 Å². The highest BCUT2D eigenvalue weighted by Gasteiger charge is 2.22. The van der Waals surface area contributed by atoms with E-state index in [4.69, 9.17) is 5.73 Å². The maximum atomic E-state index is 13.1. The number of hydrogen-bond donors (Lipinski definition) is 1. The highest BCUT2D eigenvalue weighted by Crippen LogP contribution is 2.25. The molecule has 0 heterocycles. The predicted octanol–water partition coefficient (Wildman–Crippen LogP) is 2.82. The van der Waals surface area contributed by atoms with Crippen LogP contribution in [0.4, 0.5) is 17.6 Å². The predicted molar refractivity (Wildman–Crippen MR) is 48.0 cm³/mol. The zero-order chi connectivity index (χ0) is 11.6. The number of benzene rings is 1. The van der Waals surface area contributed by atoms with Crippen LogP contribution in [0.15, 0.2) is 18.7 Å². The number of rotatable bonds is 3. The summed E-state index contributed by atoms with van der Waals surface area (Å²) in [5, 5.41) is 0. The summed E-state index contributed by atoms with van der Waals surface area (Å²) >= 11 is 0. The van der Waals surface area contributed by atoms with Crippen LogP contribution < -0.4 is 5.73 Å². The Kier molecular flexibility index (Phi) is 3.47. The van der Waals surface area contributed by atoms with Crippen molar-refractivity contribution >= 4 is 0 Å². The molecule has 0 bridgehead atoms. The molecule has 1 rings (SSSR count). The molecule has 1 aromatic carbocycles. The molecule has 1 nitrogen and oxygen atoms in total. The van der Waals surface area contributed by atoms with Crippen molar-refractivity contribution in [2.75, 3.05) is 0 Å². The summed E-state index contributed by atoms with van der Waals surface area (Å²) in [6, 6.07) is -0.998. The molecule has 0 aliphatic carbocycles. The summed E-state index contributed by atoms with van der Waals surface area (Å²) in [6.45, 7) is 3.32. The van der Waals surface area contributed by atoms with Crippen LogP contribution in [0.1, 0.15) is 18.0 Å². The lowest BCUT2D eigenvalue weighted by Gasteiger charge is -2.12. The maximum absolute atomic E-state index is 13.1. The summed E-state index contributed by atoms with van der Waals surface area (Å²) in [6.07, 6.45) is 1.34. The van der Waals surface area contributed by atoms with Crippen molar-refractivity contribution in [3.63, 3.8) is 0 Å². The van der Waals surface area contributed by atoms with Gasteiger partial charge < -0.3 is 5.73 Å². The fourth-order valence-electron chi connectivity index (χ4n) is 1.21. The van der Waals surface area contributed by atoms with E-state index in [9.17, 15) is 17.6 Å². The Morgan fingerprint density at radius 1 is 1.20 bits per heavy atom. The molecule has 82 valence electrons. The van der Waals surface area contributed by atoms with Gasteiger partial charge in [0.2, 0.25) is 0 Å². The first-order valence-electron chi connectivity index (χ1n) is 4.18. The molecule has 0 saturated carbocycles. The normalized spacial score (nSPS) is 12.6. The van der Waals surface area contributed by atoms with Gasteiger partial charge in [-0.05, 0) is 6.42 Å². The fourth-order valence-corrected chi connectivity index (χ4v) is 1.21. The maximum Gasteiger partial charge on any atom is 0.166 e. The molecule has 0 radical (unpaired) electrons. The summed E-state index contributed by atoms with van der Waals surface area (Å²) in [7, 11) is 0. The third kappa shape index (κ3) is 2.18. The van der Waals surface area contributed by atoms with E-state index >= 15 is 0 Å². The van der Waals surface area contributed by atoms with Crippen LogP contribution in [0.2, 0.25) is 0 Å². The second kappa shape index (κ2) is 4.44. The van der Waals surface area contributed by atoms with Crippen LogP contribution in [0, 0.1) is 23.3 Å². The Morgan fingerprint density at radius 2 is 1.67 bits per heavy atom. The van der Waals surface area contributed by atoms with Gasteiger partial charge in [-0.15, -0.1) is 6.58 Å². The van der Waals surface area contributed by atoms with E-state index in [1.165, 1.54) is 6.08 Å². The highest BCUT2D eigenvalue weighted by atomic mass is 19.2. The Labute approximate surface area is 84.2 Å². The lowest BCUT2D eigenvalue weighted by Crippen LogP contribution is -2.15. The molecule has 0 aromatic heterocycles. The Bertz CT molecular complexity index is 363. The first-order valence-corrected chi connectivity index (χ1v) is 4.18. The topological polar surface area (TPSA) is 26.0 Å². The van der Waals surface area contributed by atoms with Crippen LogP contribution in [-0.4, -0.2) is 0 Å². The van der Waals surface area contributed by atoms with Gasteiger partial charge in [-0.2, -0.15) is 0 Å². The number of halogens is 4. The molecule has 15 heavy (non-hydrogen) atoms. The third-order valence-electron chi connectivity index (χ3n) is 1.94.